The lowest BCUT2D eigenvalue weighted by atomic mass is 9.89. The first kappa shape index (κ1) is 21.1. The highest BCUT2D eigenvalue weighted by molar-refractivity contribution is 7.10. The van der Waals surface area contributed by atoms with Crippen molar-refractivity contribution in [2.45, 2.75) is 38.1 Å². The summed E-state index contributed by atoms with van der Waals surface area (Å²) in [5, 5.41) is 7.92. The van der Waals surface area contributed by atoms with E-state index in [1.807, 2.05) is 11.4 Å². The van der Waals surface area contributed by atoms with Gasteiger partial charge in [-0.25, -0.2) is 0 Å². The van der Waals surface area contributed by atoms with Crippen molar-refractivity contribution in [1.29, 1.82) is 0 Å². The molecule has 0 radical (unpaired) electrons. The van der Waals surface area contributed by atoms with Crippen molar-refractivity contribution in [2.75, 3.05) is 6.54 Å². The van der Waals surface area contributed by atoms with Crippen molar-refractivity contribution < 1.29 is 14.0 Å². The summed E-state index contributed by atoms with van der Waals surface area (Å²) in [6.07, 6.45) is 9.48. The highest BCUT2D eigenvalue weighted by atomic mass is 32.1. The van der Waals surface area contributed by atoms with Gasteiger partial charge in [-0.2, -0.15) is 0 Å². The van der Waals surface area contributed by atoms with Crippen molar-refractivity contribution in [2.24, 2.45) is 0 Å². The molecule has 0 saturated carbocycles. The van der Waals surface area contributed by atoms with Crippen LogP contribution in [-0.2, 0) is 22.4 Å². The molecule has 1 aromatic carbocycles. The van der Waals surface area contributed by atoms with Crippen LogP contribution in [0.4, 0.5) is 0 Å². The first-order valence-electron chi connectivity index (χ1n) is 10.6. The third-order valence-corrected chi connectivity index (χ3v) is 6.37. The Morgan fingerprint density at radius 3 is 2.74 bits per heavy atom. The molecule has 0 fully saturated rings. The van der Waals surface area contributed by atoms with E-state index in [1.54, 1.807) is 35.8 Å². The van der Waals surface area contributed by atoms with Gasteiger partial charge in [0.05, 0.1) is 12.3 Å². The Morgan fingerprint density at radius 2 is 1.97 bits per heavy atom. The largest absolute Gasteiger partial charge is 0.465 e. The van der Waals surface area contributed by atoms with Crippen molar-refractivity contribution in [3.8, 4) is 0 Å². The number of furan rings is 1. The first-order chi connectivity index (χ1) is 15.2. The Kier molecular flexibility index (Phi) is 6.99. The number of aryl methyl sites for hydroxylation is 2. The molecule has 0 aliphatic heterocycles. The summed E-state index contributed by atoms with van der Waals surface area (Å²) in [5.41, 5.74) is 3.94. The summed E-state index contributed by atoms with van der Waals surface area (Å²) in [6.45, 7) is 0.272. The van der Waals surface area contributed by atoms with E-state index in [9.17, 15) is 9.59 Å². The third kappa shape index (κ3) is 5.73. The van der Waals surface area contributed by atoms with Crippen LogP contribution in [-0.4, -0.2) is 18.4 Å². The van der Waals surface area contributed by atoms with Crippen LogP contribution in [0.2, 0.25) is 0 Å². The topological polar surface area (TPSA) is 71.3 Å². The number of benzene rings is 1. The molecule has 1 aliphatic carbocycles. The number of carbonyl (C=O) groups is 2. The molecule has 5 nitrogen and oxygen atoms in total. The fourth-order valence-corrected chi connectivity index (χ4v) is 4.64. The number of amides is 2. The lowest BCUT2D eigenvalue weighted by molar-refractivity contribution is -0.121. The molecule has 1 unspecified atom stereocenters. The summed E-state index contributed by atoms with van der Waals surface area (Å²) >= 11 is 1.64. The summed E-state index contributed by atoms with van der Waals surface area (Å²) in [7, 11) is 0. The lowest BCUT2D eigenvalue weighted by Crippen LogP contribution is -2.32. The number of hydrogen-bond acceptors (Lipinski definition) is 4. The van der Waals surface area contributed by atoms with Gasteiger partial charge in [-0.3, -0.25) is 9.59 Å². The van der Waals surface area contributed by atoms with E-state index in [-0.39, 0.29) is 30.8 Å². The van der Waals surface area contributed by atoms with E-state index in [4.69, 9.17) is 4.42 Å². The molecule has 2 amide bonds. The average molecular weight is 435 g/mol. The van der Waals surface area contributed by atoms with Gasteiger partial charge in [-0.15, -0.1) is 11.3 Å². The van der Waals surface area contributed by atoms with Crippen LogP contribution in [0.5, 0.6) is 0 Å². The van der Waals surface area contributed by atoms with Gasteiger partial charge in [0.2, 0.25) is 11.8 Å². The molecule has 1 atom stereocenters. The predicted molar refractivity (Wildman–Crippen MR) is 123 cm³/mol. The third-order valence-electron chi connectivity index (χ3n) is 5.43. The molecule has 31 heavy (non-hydrogen) atoms. The van der Waals surface area contributed by atoms with Gasteiger partial charge in [-0.05, 0) is 72.0 Å². The summed E-state index contributed by atoms with van der Waals surface area (Å²) < 4.78 is 5.15. The maximum absolute atomic E-state index is 12.6. The molecule has 0 spiro atoms. The zero-order valence-corrected chi connectivity index (χ0v) is 18.1. The minimum atomic E-state index is -0.256. The molecule has 160 valence electrons. The molecule has 0 saturated heterocycles. The predicted octanol–water partition coefficient (Wildman–Crippen LogP) is 4.65. The maximum Gasteiger partial charge on any atom is 0.244 e. The van der Waals surface area contributed by atoms with E-state index < -0.39 is 0 Å². The molecular formula is C25H26N2O3S. The van der Waals surface area contributed by atoms with Gasteiger partial charge in [-0.1, -0.05) is 24.3 Å². The van der Waals surface area contributed by atoms with Gasteiger partial charge < -0.3 is 15.1 Å². The minimum absolute atomic E-state index is 0.0913. The smallest absolute Gasteiger partial charge is 0.244 e. The number of carbonyl (C=O) groups excluding carboxylic acids is 2. The molecule has 3 aromatic rings. The van der Waals surface area contributed by atoms with E-state index in [1.165, 1.54) is 30.0 Å². The van der Waals surface area contributed by atoms with E-state index in [0.717, 1.165) is 23.3 Å². The number of nitrogens with one attached hydrogen (secondary N) is 2. The van der Waals surface area contributed by atoms with E-state index >= 15 is 0 Å². The van der Waals surface area contributed by atoms with Crippen LogP contribution in [0.3, 0.4) is 0 Å². The van der Waals surface area contributed by atoms with Gasteiger partial charge in [0.25, 0.3) is 0 Å². The van der Waals surface area contributed by atoms with Gasteiger partial charge in [0, 0.05) is 23.9 Å². The van der Waals surface area contributed by atoms with Gasteiger partial charge in [0.15, 0.2) is 0 Å². The zero-order chi connectivity index (χ0) is 21.5. The second-order valence-electron chi connectivity index (χ2n) is 7.64. The Labute approximate surface area is 186 Å². The molecule has 2 N–H and O–H groups in total. The number of rotatable bonds is 8. The van der Waals surface area contributed by atoms with Crippen LogP contribution < -0.4 is 10.6 Å². The highest BCUT2D eigenvalue weighted by Crippen LogP contribution is 2.30. The SMILES string of the molecule is O=C(/C=C/c1ccco1)NCCC(=O)NC(c1ccc2c(c1)CCCC2)c1cccs1. The number of thiophene rings is 1. The zero-order valence-electron chi connectivity index (χ0n) is 17.3. The Morgan fingerprint density at radius 1 is 1.10 bits per heavy atom. The molecule has 4 rings (SSSR count). The van der Waals surface area contributed by atoms with E-state index in [2.05, 4.69) is 34.9 Å². The highest BCUT2D eigenvalue weighted by Gasteiger charge is 2.20. The van der Waals surface area contributed by atoms with Crippen molar-refractivity contribution in [3.05, 3.63) is 87.5 Å². The quantitative estimate of drug-likeness (QED) is 0.507. The van der Waals surface area contributed by atoms with Crippen molar-refractivity contribution >= 4 is 29.2 Å². The molecular weight excluding hydrogens is 408 g/mol. The fourth-order valence-electron chi connectivity index (χ4n) is 3.84. The Hall–Kier alpha value is -3.12. The molecule has 0 bridgehead atoms. The van der Waals surface area contributed by atoms with Crippen molar-refractivity contribution in [3.63, 3.8) is 0 Å². The number of fused-ring (bicyclic) bond motifs is 1. The lowest BCUT2D eigenvalue weighted by Gasteiger charge is -2.22. The normalized spacial score (nSPS) is 14.2. The average Bonchev–Trinajstić information content (AvgIpc) is 3.50. The fraction of sp³-hybridized carbons (Fsp3) is 0.280. The van der Waals surface area contributed by atoms with Crippen LogP contribution >= 0.6 is 11.3 Å². The van der Waals surface area contributed by atoms with E-state index in [0.29, 0.717) is 5.76 Å². The molecule has 2 heterocycles. The second kappa shape index (κ2) is 10.3. The first-order valence-corrected chi connectivity index (χ1v) is 11.5. The summed E-state index contributed by atoms with van der Waals surface area (Å²) in [4.78, 5) is 25.7. The van der Waals surface area contributed by atoms with Gasteiger partial charge in [0.1, 0.15) is 5.76 Å². The maximum atomic E-state index is 12.6. The monoisotopic (exact) mass is 434 g/mol. The van der Waals surface area contributed by atoms with Crippen LogP contribution in [0.15, 0.2) is 64.6 Å². The Bertz CT molecular complexity index is 1040. The molecule has 6 heteroatoms. The second-order valence-corrected chi connectivity index (χ2v) is 8.62. The Balaban J connectivity index is 1.35. The van der Waals surface area contributed by atoms with Crippen LogP contribution in [0.1, 0.15) is 52.6 Å². The summed E-state index contributed by atoms with van der Waals surface area (Å²) in [5.74, 6) is 0.261. The van der Waals surface area contributed by atoms with Crippen LogP contribution in [0.25, 0.3) is 6.08 Å². The van der Waals surface area contributed by atoms with Gasteiger partial charge >= 0.3 is 0 Å². The molecule has 2 aromatic heterocycles. The van der Waals surface area contributed by atoms with Crippen molar-refractivity contribution in [1.82, 2.24) is 10.6 Å². The summed E-state index contributed by atoms with van der Waals surface area (Å²) in [6, 6.07) is 14.0. The standard InChI is InChI=1S/C25H26N2O3S/c28-23(12-11-21-7-3-15-30-21)26-14-13-24(29)27-25(22-8-4-16-31-22)20-10-9-18-5-1-2-6-19(18)17-20/h3-4,7-12,15-17,25H,1-2,5-6,13-14H2,(H,26,28)(H,27,29)/b12-11+. The molecule has 1 aliphatic rings. The minimum Gasteiger partial charge on any atom is -0.465 e. The van der Waals surface area contributed by atoms with Crippen LogP contribution in [0, 0.1) is 0 Å². The number of hydrogen-bond donors (Lipinski definition) is 2.